The summed E-state index contributed by atoms with van der Waals surface area (Å²) in [6, 6.07) is 10.7. The fourth-order valence-electron chi connectivity index (χ4n) is 2.42. The number of rotatable bonds is 6. The van der Waals surface area contributed by atoms with Crippen LogP contribution >= 0.6 is 15.9 Å². The predicted molar refractivity (Wildman–Crippen MR) is 107 cm³/mol. The zero-order chi connectivity index (χ0) is 17.4. The summed E-state index contributed by atoms with van der Waals surface area (Å²) in [6.45, 7) is 12.1. The molecule has 0 spiro atoms. The standard InChI is InChI=1S/C19H27BrOSeSi/c1-7-18(15-21-23(5,6)17(2,3)4)13-19(18,14-20)22-16-11-9-8-10-12-16/h1,8-12H,13-15H2,2-6H3. The Balaban J connectivity index is 2.12. The van der Waals surface area contributed by atoms with Gasteiger partial charge in [0, 0.05) is 0 Å². The first kappa shape index (κ1) is 19.3. The van der Waals surface area contributed by atoms with Crippen molar-refractivity contribution < 1.29 is 4.43 Å². The van der Waals surface area contributed by atoms with E-state index in [2.05, 4.69) is 86.0 Å². The van der Waals surface area contributed by atoms with Crippen molar-refractivity contribution in [1.82, 2.24) is 0 Å². The van der Waals surface area contributed by atoms with E-state index in [1.807, 2.05) is 0 Å². The van der Waals surface area contributed by atoms with Crippen LogP contribution in [-0.4, -0.2) is 35.2 Å². The summed E-state index contributed by atoms with van der Waals surface area (Å²) in [5.41, 5.74) is -0.0954. The Kier molecular flexibility index (Phi) is 5.61. The monoisotopic (exact) mass is 458 g/mol. The van der Waals surface area contributed by atoms with Crippen molar-refractivity contribution in [2.45, 2.75) is 49.6 Å². The van der Waals surface area contributed by atoms with Gasteiger partial charge in [-0.3, -0.25) is 0 Å². The molecule has 1 aliphatic carbocycles. The second-order valence-corrected chi connectivity index (χ2v) is 16.4. The van der Waals surface area contributed by atoms with Crippen LogP contribution in [-0.2, 0) is 4.43 Å². The first-order valence-corrected chi connectivity index (χ1v) is 13.8. The van der Waals surface area contributed by atoms with Gasteiger partial charge >= 0.3 is 158 Å². The number of benzene rings is 1. The number of alkyl halides is 1. The van der Waals surface area contributed by atoms with Crippen molar-refractivity contribution in [3.63, 3.8) is 0 Å². The maximum absolute atomic E-state index is 6.49. The molecule has 2 rings (SSSR count). The van der Waals surface area contributed by atoms with Gasteiger partial charge in [-0.25, -0.2) is 0 Å². The van der Waals surface area contributed by atoms with E-state index in [9.17, 15) is 0 Å². The van der Waals surface area contributed by atoms with E-state index in [1.165, 1.54) is 4.46 Å². The molecule has 2 atom stereocenters. The minimum absolute atomic E-state index is 0.0954. The summed E-state index contributed by atoms with van der Waals surface area (Å²) in [5, 5.41) is 1.18. The molecule has 1 fully saturated rings. The Morgan fingerprint density at radius 2 is 1.91 bits per heavy atom. The quantitative estimate of drug-likeness (QED) is 0.344. The van der Waals surface area contributed by atoms with E-state index >= 15 is 0 Å². The third kappa shape index (κ3) is 3.80. The van der Waals surface area contributed by atoms with Crippen LogP contribution in [0.25, 0.3) is 0 Å². The molecular weight excluding hydrogens is 431 g/mol. The van der Waals surface area contributed by atoms with Gasteiger partial charge in [0.1, 0.15) is 0 Å². The van der Waals surface area contributed by atoms with Crippen LogP contribution in [0, 0.1) is 17.8 Å². The first-order chi connectivity index (χ1) is 10.6. The number of halogens is 1. The molecule has 1 nitrogen and oxygen atoms in total. The van der Waals surface area contributed by atoms with Crippen LogP contribution in [0.5, 0.6) is 0 Å². The van der Waals surface area contributed by atoms with Crippen LogP contribution in [0.1, 0.15) is 27.2 Å². The Bertz CT molecular complexity index is 590. The average molecular weight is 458 g/mol. The summed E-state index contributed by atoms with van der Waals surface area (Å²) >= 11 is 4.11. The van der Waals surface area contributed by atoms with Crippen molar-refractivity contribution in [2.75, 3.05) is 11.9 Å². The van der Waals surface area contributed by atoms with Crippen LogP contribution in [0.4, 0.5) is 0 Å². The van der Waals surface area contributed by atoms with E-state index < -0.39 is 8.32 Å². The van der Waals surface area contributed by atoms with E-state index in [-0.39, 0.29) is 14.8 Å². The van der Waals surface area contributed by atoms with Crippen LogP contribution in [0.15, 0.2) is 30.3 Å². The maximum atomic E-state index is 6.49. The number of terminal acetylenes is 1. The van der Waals surface area contributed by atoms with Crippen LogP contribution in [0.2, 0.25) is 22.4 Å². The van der Waals surface area contributed by atoms with E-state index in [1.54, 1.807) is 0 Å². The Hall–Kier alpha value is -0.0436. The molecule has 0 aliphatic heterocycles. The van der Waals surface area contributed by atoms with Gasteiger partial charge in [-0.1, -0.05) is 0 Å². The van der Waals surface area contributed by atoms with Gasteiger partial charge in [0.05, 0.1) is 0 Å². The fraction of sp³-hybridized carbons (Fsp3) is 0.579. The van der Waals surface area contributed by atoms with Gasteiger partial charge in [-0.15, -0.1) is 0 Å². The number of hydrogen-bond acceptors (Lipinski definition) is 1. The molecule has 126 valence electrons. The molecule has 1 aromatic carbocycles. The molecule has 0 saturated heterocycles. The molecule has 0 amide bonds. The molecular formula is C19H27BrOSeSi. The Morgan fingerprint density at radius 1 is 1.30 bits per heavy atom. The summed E-state index contributed by atoms with van der Waals surface area (Å²) in [7, 11) is -1.76. The van der Waals surface area contributed by atoms with Gasteiger partial charge in [-0.05, 0) is 0 Å². The molecule has 1 saturated carbocycles. The van der Waals surface area contributed by atoms with Crippen LogP contribution in [0.3, 0.4) is 0 Å². The SMILES string of the molecule is C#CC1(CO[Si](C)(C)C(C)(C)C)CC1(CBr)[Se]c1ccccc1. The normalized spacial score (nSPS) is 27.5. The topological polar surface area (TPSA) is 9.23 Å². The summed E-state index contributed by atoms with van der Waals surface area (Å²) in [5.74, 6) is 3.12. The van der Waals surface area contributed by atoms with Crippen molar-refractivity contribution in [2.24, 2.45) is 5.41 Å². The molecule has 0 radical (unpaired) electrons. The van der Waals surface area contributed by atoms with Crippen molar-refractivity contribution in [3.05, 3.63) is 30.3 Å². The average Bonchev–Trinajstić information content (AvgIpc) is 3.14. The Labute approximate surface area is 157 Å². The van der Waals surface area contributed by atoms with Gasteiger partial charge in [0.15, 0.2) is 0 Å². The van der Waals surface area contributed by atoms with Gasteiger partial charge < -0.3 is 0 Å². The second kappa shape index (κ2) is 6.69. The zero-order valence-electron chi connectivity index (χ0n) is 14.8. The molecule has 4 heteroatoms. The van der Waals surface area contributed by atoms with Gasteiger partial charge in [0.2, 0.25) is 0 Å². The van der Waals surface area contributed by atoms with Crippen LogP contribution < -0.4 is 4.46 Å². The van der Waals surface area contributed by atoms with E-state index in [0.29, 0.717) is 21.6 Å². The zero-order valence-corrected chi connectivity index (χ0v) is 19.1. The molecule has 0 N–H and O–H groups in total. The van der Waals surface area contributed by atoms with E-state index in [4.69, 9.17) is 10.8 Å². The third-order valence-corrected chi connectivity index (χ3v) is 15.0. The first-order valence-electron chi connectivity index (χ1n) is 8.03. The predicted octanol–water partition coefficient (Wildman–Crippen LogP) is 4.61. The molecule has 0 bridgehead atoms. The molecule has 0 aromatic heterocycles. The second-order valence-electron chi connectivity index (χ2n) is 8.00. The van der Waals surface area contributed by atoms with Gasteiger partial charge in [0.25, 0.3) is 0 Å². The van der Waals surface area contributed by atoms with Gasteiger partial charge in [-0.2, -0.15) is 0 Å². The van der Waals surface area contributed by atoms with Crippen molar-refractivity contribution in [3.8, 4) is 12.3 Å². The molecule has 0 heterocycles. The third-order valence-electron chi connectivity index (χ3n) is 5.37. The number of hydrogen-bond donors (Lipinski definition) is 0. The van der Waals surface area contributed by atoms with Crippen molar-refractivity contribution in [1.29, 1.82) is 0 Å². The fourth-order valence-corrected chi connectivity index (χ4v) is 7.79. The minimum atomic E-state index is -1.76. The molecule has 23 heavy (non-hydrogen) atoms. The summed E-state index contributed by atoms with van der Waals surface area (Å²) < 4.78 is 8.11. The summed E-state index contributed by atoms with van der Waals surface area (Å²) in [4.78, 5) is 0. The van der Waals surface area contributed by atoms with E-state index in [0.717, 1.165) is 11.8 Å². The molecule has 1 aromatic rings. The molecule has 2 unspecified atom stereocenters. The van der Waals surface area contributed by atoms with Crippen molar-refractivity contribution >= 4 is 43.7 Å². The Morgan fingerprint density at radius 3 is 2.39 bits per heavy atom. The molecule has 1 aliphatic rings. The summed E-state index contributed by atoms with van der Waals surface area (Å²) in [6.07, 6.45) is 7.06.